The zero-order valence-corrected chi connectivity index (χ0v) is 18.7. The summed E-state index contributed by atoms with van der Waals surface area (Å²) >= 11 is 0. The van der Waals surface area contributed by atoms with Crippen LogP contribution in [0.15, 0.2) is 24.3 Å². The third-order valence-electron chi connectivity index (χ3n) is 4.26. The molecular formula is C21H32N2O6S. The number of aliphatic hydroxyl groups excluding tert-OH is 1. The average Bonchev–Trinajstić information content (AvgIpc) is 2.66. The Hall–Kier alpha value is -2.28. The number of aliphatic carboxylic acids is 1. The molecule has 0 aliphatic heterocycles. The molecule has 0 spiro atoms. The molecular weight excluding hydrogens is 408 g/mol. The molecule has 0 heterocycles. The van der Waals surface area contributed by atoms with Crippen LogP contribution in [0.4, 0.5) is 5.69 Å². The van der Waals surface area contributed by atoms with E-state index in [9.17, 15) is 18.3 Å². The molecule has 9 heteroatoms. The number of anilines is 1. The number of ether oxygens (including phenoxy) is 1. The van der Waals surface area contributed by atoms with Crippen LogP contribution in [0.3, 0.4) is 0 Å². The van der Waals surface area contributed by atoms with Crippen molar-refractivity contribution in [3.8, 4) is 17.6 Å². The van der Waals surface area contributed by atoms with Crippen LogP contribution < -0.4 is 9.64 Å². The maximum Gasteiger partial charge on any atom is 0.303 e. The van der Waals surface area contributed by atoms with Crippen molar-refractivity contribution < 1.29 is 28.2 Å². The lowest BCUT2D eigenvalue weighted by Crippen LogP contribution is -2.32. The van der Waals surface area contributed by atoms with E-state index in [0.717, 1.165) is 11.9 Å². The van der Waals surface area contributed by atoms with Gasteiger partial charge in [-0.05, 0) is 31.4 Å². The highest BCUT2D eigenvalue weighted by atomic mass is 32.2. The summed E-state index contributed by atoms with van der Waals surface area (Å²) in [5.41, 5.74) is 0.995. The van der Waals surface area contributed by atoms with Gasteiger partial charge >= 0.3 is 5.97 Å². The number of carboxylic acids is 1. The summed E-state index contributed by atoms with van der Waals surface area (Å²) < 4.78 is 30.7. The lowest BCUT2D eigenvalue weighted by Gasteiger charge is -2.19. The monoisotopic (exact) mass is 440 g/mol. The van der Waals surface area contributed by atoms with Crippen LogP contribution in [0.25, 0.3) is 0 Å². The standard InChI is InChI=1S/C21H32N2O6S/c1-22(2)18-10-8-12-20(16-18)29-17-19(24)11-9-15-23(30(3,27)28)14-7-5-4-6-13-21(25)26/h8,10,12,16,19,24H,4,6,9,11,13-15,17H2,1-3H3,(H,25,26). The predicted molar refractivity (Wildman–Crippen MR) is 117 cm³/mol. The van der Waals surface area contributed by atoms with Gasteiger partial charge in [-0.1, -0.05) is 12.0 Å². The second kappa shape index (κ2) is 13.1. The van der Waals surface area contributed by atoms with E-state index in [0.29, 0.717) is 31.4 Å². The van der Waals surface area contributed by atoms with E-state index in [1.54, 1.807) is 0 Å². The largest absolute Gasteiger partial charge is 0.491 e. The Balaban J connectivity index is 2.40. The number of unbranched alkanes of at least 4 members (excludes halogenated alkanes) is 1. The molecule has 0 aliphatic carbocycles. The van der Waals surface area contributed by atoms with Gasteiger partial charge in [-0.2, -0.15) is 4.31 Å². The molecule has 1 unspecified atom stereocenters. The van der Waals surface area contributed by atoms with Crippen LogP contribution in [0.2, 0.25) is 0 Å². The van der Waals surface area contributed by atoms with Gasteiger partial charge in [0.25, 0.3) is 0 Å². The number of rotatable bonds is 13. The highest BCUT2D eigenvalue weighted by Crippen LogP contribution is 2.19. The minimum atomic E-state index is -3.42. The van der Waals surface area contributed by atoms with Crippen molar-refractivity contribution >= 4 is 21.7 Å². The van der Waals surface area contributed by atoms with E-state index < -0.39 is 22.1 Å². The Bertz CT molecular complexity index is 829. The number of nitrogens with zero attached hydrogens (tertiary/aromatic N) is 2. The van der Waals surface area contributed by atoms with Crippen molar-refractivity contribution in [3.05, 3.63) is 24.3 Å². The molecule has 0 radical (unpaired) electrons. The smallest absolute Gasteiger partial charge is 0.303 e. The van der Waals surface area contributed by atoms with E-state index in [1.165, 1.54) is 4.31 Å². The van der Waals surface area contributed by atoms with Gasteiger partial charge in [0.15, 0.2) is 0 Å². The first kappa shape index (κ1) is 25.8. The number of benzene rings is 1. The van der Waals surface area contributed by atoms with Crippen molar-refractivity contribution in [2.24, 2.45) is 0 Å². The number of hydrogen-bond donors (Lipinski definition) is 2. The molecule has 8 nitrogen and oxygen atoms in total. The number of sulfonamides is 1. The van der Waals surface area contributed by atoms with Gasteiger partial charge in [-0.25, -0.2) is 8.42 Å². The highest BCUT2D eigenvalue weighted by Gasteiger charge is 2.16. The van der Waals surface area contributed by atoms with Crippen molar-refractivity contribution in [1.82, 2.24) is 4.31 Å². The van der Waals surface area contributed by atoms with Gasteiger partial charge in [0.1, 0.15) is 12.4 Å². The van der Waals surface area contributed by atoms with E-state index in [4.69, 9.17) is 9.84 Å². The van der Waals surface area contributed by atoms with E-state index >= 15 is 0 Å². The first-order chi connectivity index (χ1) is 14.1. The zero-order chi connectivity index (χ0) is 22.6. The average molecular weight is 441 g/mol. The van der Waals surface area contributed by atoms with E-state index in [2.05, 4.69) is 11.8 Å². The fourth-order valence-corrected chi connectivity index (χ4v) is 3.31. The summed E-state index contributed by atoms with van der Waals surface area (Å²) in [6.45, 7) is 0.421. The second-order valence-electron chi connectivity index (χ2n) is 7.20. The maximum atomic E-state index is 11.9. The molecule has 0 saturated carbocycles. The summed E-state index contributed by atoms with van der Waals surface area (Å²) in [5, 5.41) is 18.7. The Morgan fingerprint density at radius 1 is 1.23 bits per heavy atom. The Morgan fingerprint density at radius 3 is 2.60 bits per heavy atom. The molecule has 30 heavy (non-hydrogen) atoms. The van der Waals surface area contributed by atoms with Crippen molar-refractivity contribution in [3.63, 3.8) is 0 Å². The lowest BCUT2D eigenvalue weighted by molar-refractivity contribution is -0.137. The third-order valence-corrected chi connectivity index (χ3v) is 5.51. The molecule has 2 N–H and O–H groups in total. The summed E-state index contributed by atoms with van der Waals surface area (Å²) in [7, 11) is 0.447. The number of carbonyl (C=O) groups is 1. The van der Waals surface area contributed by atoms with Crippen molar-refractivity contribution in [2.45, 2.75) is 38.2 Å². The fourth-order valence-electron chi connectivity index (χ4n) is 2.55. The third kappa shape index (κ3) is 11.0. The van der Waals surface area contributed by atoms with E-state index in [-0.39, 0.29) is 26.1 Å². The Kier molecular flexibility index (Phi) is 11.3. The SMILES string of the molecule is CN(C)c1cccc(OCC(O)CCCN(CC#CCCCC(=O)O)S(C)(=O)=O)c1. The van der Waals surface area contributed by atoms with Crippen LogP contribution in [0, 0.1) is 11.8 Å². The van der Waals surface area contributed by atoms with Crippen LogP contribution in [-0.2, 0) is 14.8 Å². The predicted octanol–water partition coefficient (Wildman–Crippen LogP) is 1.79. The molecule has 0 fully saturated rings. The van der Waals surface area contributed by atoms with Gasteiger partial charge < -0.3 is 19.8 Å². The lowest BCUT2D eigenvalue weighted by atomic mass is 10.2. The van der Waals surface area contributed by atoms with Crippen LogP contribution in [-0.4, -0.2) is 75.1 Å². The number of carboxylic acid groups (broad SMARTS) is 1. The molecule has 1 rings (SSSR count). The van der Waals surface area contributed by atoms with Gasteiger partial charge in [0.2, 0.25) is 10.0 Å². The van der Waals surface area contributed by atoms with Crippen LogP contribution >= 0.6 is 0 Å². The molecule has 0 bridgehead atoms. The number of aliphatic hydroxyl groups is 1. The fraction of sp³-hybridized carbons (Fsp3) is 0.571. The maximum absolute atomic E-state index is 11.9. The molecule has 0 amide bonds. The van der Waals surface area contributed by atoms with Crippen molar-refractivity contribution in [1.29, 1.82) is 0 Å². The molecule has 1 atom stereocenters. The first-order valence-corrected chi connectivity index (χ1v) is 11.7. The summed E-state index contributed by atoms with van der Waals surface area (Å²) in [4.78, 5) is 12.4. The summed E-state index contributed by atoms with van der Waals surface area (Å²) in [5.74, 6) is 5.37. The van der Waals surface area contributed by atoms with Crippen LogP contribution in [0.5, 0.6) is 5.75 Å². The minimum absolute atomic E-state index is 0.0455. The minimum Gasteiger partial charge on any atom is -0.491 e. The molecule has 1 aromatic carbocycles. The topological polar surface area (TPSA) is 107 Å². The normalized spacial score (nSPS) is 12.2. The first-order valence-electron chi connectivity index (χ1n) is 9.80. The molecule has 168 valence electrons. The van der Waals surface area contributed by atoms with Gasteiger partial charge in [0.05, 0.1) is 18.9 Å². The Morgan fingerprint density at radius 2 is 1.97 bits per heavy atom. The summed E-state index contributed by atoms with van der Waals surface area (Å²) in [6, 6.07) is 7.54. The molecule has 1 aromatic rings. The van der Waals surface area contributed by atoms with Crippen LogP contribution in [0.1, 0.15) is 32.1 Å². The molecule has 0 aliphatic rings. The van der Waals surface area contributed by atoms with Crippen molar-refractivity contribution in [2.75, 3.05) is 44.9 Å². The highest BCUT2D eigenvalue weighted by molar-refractivity contribution is 7.88. The van der Waals surface area contributed by atoms with Gasteiger partial charge in [-0.15, -0.1) is 5.92 Å². The summed E-state index contributed by atoms with van der Waals surface area (Å²) in [6.07, 6.45) is 2.16. The number of hydrogen-bond acceptors (Lipinski definition) is 6. The van der Waals surface area contributed by atoms with Gasteiger partial charge in [-0.3, -0.25) is 4.79 Å². The zero-order valence-electron chi connectivity index (χ0n) is 17.9. The second-order valence-corrected chi connectivity index (χ2v) is 9.18. The quantitative estimate of drug-likeness (QED) is 0.356. The molecule has 0 saturated heterocycles. The van der Waals surface area contributed by atoms with Gasteiger partial charge in [0, 0.05) is 45.2 Å². The Labute approximate surface area is 179 Å². The van der Waals surface area contributed by atoms with E-state index in [1.807, 2.05) is 43.3 Å². The molecule has 0 aromatic heterocycles.